The summed E-state index contributed by atoms with van der Waals surface area (Å²) in [5.74, 6) is -0.838. The van der Waals surface area contributed by atoms with Crippen molar-refractivity contribution in [1.82, 2.24) is 4.57 Å². The van der Waals surface area contributed by atoms with Gasteiger partial charge in [0.1, 0.15) is 5.56 Å². The fraction of sp³-hybridized carbons (Fsp3) is 0.250. The molecule has 1 atom stereocenters. The first-order chi connectivity index (χ1) is 11.5. The summed E-state index contributed by atoms with van der Waals surface area (Å²) in [5, 5.41) is 0. The van der Waals surface area contributed by atoms with Crippen LogP contribution in [0.2, 0.25) is 0 Å². The zero-order valence-electron chi connectivity index (χ0n) is 13.0. The second kappa shape index (κ2) is 6.52. The molecule has 1 aromatic heterocycles. The molecule has 6 nitrogen and oxygen atoms in total. The van der Waals surface area contributed by atoms with E-state index in [0.29, 0.717) is 11.4 Å². The summed E-state index contributed by atoms with van der Waals surface area (Å²) in [6, 6.07) is 7.31. The lowest BCUT2D eigenvalue weighted by atomic mass is 10.0. The molecule has 1 aliphatic rings. The Morgan fingerprint density at radius 3 is 2.25 bits per heavy atom. The van der Waals surface area contributed by atoms with E-state index in [0.717, 1.165) is 10.0 Å². The number of fused-ring (bicyclic) bond motifs is 1. The number of hydrogen-bond acceptors (Lipinski definition) is 5. The number of rotatable bonds is 3. The van der Waals surface area contributed by atoms with Gasteiger partial charge in [-0.05, 0) is 17.7 Å². The largest absolute Gasteiger partial charge is 0.465 e. The molecule has 0 fully saturated rings. The number of esters is 2. The van der Waals surface area contributed by atoms with Crippen LogP contribution in [0.4, 0.5) is 0 Å². The molecule has 0 spiro atoms. The van der Waals surface area contributed by atoms with Crippen LogP contribution in [0, 0.1) is 0 Å². The molecule has 126 valence electrons. The molecule has 3 rings (SSSR count). The van der Waals surface area contributed by atoms with Crippen molar-refractivity contribution in [3.8, 4) is 11.3 Å². The van der Waals surface area contributed by atoms with Gasteiger partial charge in [0.25, 0.3) is 0 Å². The molecule has 1 aromatic carbocycles. The predicted molar refractivity (Wildman–Crippen MR) is 92.1 cm³/mol. The van der Waals surface area contributed by atoms with Crippen molar-refractivity contribution in [2.75, 3.05) is 14.2 Å². The van der Waals surface area contributed by atoms with Crippen LogP contribution in [0.5, 0.6) is 0 Å². The summed E-state index contributed by atoms with van der Waals surface area (Å²) in [4.78, 5) is 24.6. The van der Waals surface area contributed by atoms with Gasteiger partial charge < -0.3 is 14.0 Å². The third-order valence-electron chi connectivity index (χ3n) is 3.84. The zero-order chi connectivity index (χ0) is 17.4. The maximum atomic E-state index is 12.4. The van der Waals surface area contributed by atoms with E-state index in [1.165, 1.54) is 14.2 Å². The number of benzene rings is 1. The third kappa shape index (κ3) is 2.69. The van der Waals surface area contributed by atoms with Crippen LogP contribution >= 0.6 is 15.9 Å². The second-order valence-electron chi connectivity index (χ2n) is 5.18. The topological polar surface area (TPSA) is 74.6 Å². The van der Waals surface area contributed by atoms with Crippen molar-refractivity contribution in [2.45, 2.75) is 11.6 Å². The number of carbonyl (C=O) groups is 2. The van der Waals surface area contributed by atoms with Gasteiger partial charge in [-0.1, -0.05) is 28.1 Å². The van der Waals surface area contributed by atoms with Crippen molar-refractivity contribution in [3.63, 3.8) is 0 Å². The molecule has 0 amide bonds. The Morgan fingerprint density at radius 2 is 1.67 bits per heavy atom. The average Bonchev–Trinajstić information content (AvgIpc) is 3.08. The zero-order valence-corrected chi connectivity index (χ0v) is 15.4. The van der Waals surface area contributed by atoms with Crippen LogP contribution in [0.3, 0.4) is 0 Å². The number of nitrogens with zero attached hydrogens (tertiary/aromatic N) is 1. The fourth-order valence-electron chi connectivity index (χ4n) is 2.83. The average molecular weight is 412 g/mol. The highest BCUT2D eigenvalue weighted by Crippen LogP contribution is 2.37. The molecule has 0 saturated heterocycles. The van der Waals surface area contributed by atoms with E-state index in [1.54, 1.807) is 4.57 Å². The highest BCUT2D eigenvalue weighted by molar-refractivity contribution is 9.10. The smallest absolute Gasteiger partial charge is 0.340 e. The Kier molecular flexibility index (Phi) is 4.60. The molecule has 0 unspecified atom stereocenters. The van der Waals surface area contributed by atoms with Crippen LogP contribution in [-0.2, 0) is 31.9 Å². The van der Waals surface area contributed by atoms with Crippen molar-refractivity contribution in [3.05, 3.63) is 45.6 Å². The van der Waals surface area contributed by atoms with Gasteiger partial charge >= 0.3 is 11.9 Å². The van der Waals surface area contributed by atoms with Gasteiger partial charge in [0.15, 0.2) is 0 Å². The minimum atomic E-state index is -1.14. The lowest BCUT2D eigenvalue weighted by molar-refractivity contribution is 0.0556. The van der Waals surface area contributed by atoms with Crippen LogP contribution in [0.15, 0.2) is 28.7 Å². The van der Waals surface area contributed by atoms with E-state index in [-0.39, 0.29) is 22.8 Å². The number of halogens is 1. The molecule has 1 aliphatic heterocycles. The lowest BCUT2D eigenvalue weighted by Gasteiger charge is -2.09. The van der Waals surface area contributed by atoms with Gasteiger partial charge in [0.05, 0.1) is 37.1 Å². The Balaban J connectivity index is 2.34. The van der Waals surface area contributed by atoms with Gasteiger partial charge in [-0.2, -0.15) is 0 Å². The summed E-state index contributed by atoms with van der Waals surface area (Å²) in [5.41, 5.74) is 2.08. The quantitative estimate of drug-likeness (QED) is 0.725. The highest BCUT2D eigenvalue weighted by Gasteiger charge is 2.36. The summed E-state index contributed by atoms with van der Waals surface area (Å²) < 4.78 is 24.4. The molecule has 24 heavy (non-hydrogen) atoms. The summed E-state index contributed by atoms with van der Waals surface area (Å²) in [7, 11) is 1.37. The lowest BCUT2D eigenvalue weighted by Crippen LogP contribution is -2.12. The molecule has 8 heteroatoms. The van der Waals surface area contributed by atoms with Crippen LogP contribution in [0.25, 0.3) is 11.3 Å². The Bertz CT molecular complexity index is 856. The standard InChI is InChI=1S/C16H14BrNO5S/c1-22-15(19)12-11-7-24(21)8-18(11)14(13(12)16(20)23-2)9-3-5-10(17)6-4-9/h3-6H,7-8H2,1-2H3/t24-/m0/s1. The van der Waals surface area contributed by atoms with Crippen LogP contribution in [0.1, 0.15) is 26.4 Å². The molecule has 0 bridgehead atoms. The summed E-state index contributed by atoms with van der Waals surface area (Å²) >= 11 is 3.37. The highest BCUT2D eigenvalue weighted by atomic mass is 79.9. The molecule has 0 N–H and O–H groups in total. The molecule has 0 radical (unpaired) electrons. The molecular weight excluding hydrogens is 398 g/mol. The van der Waals surface area contributed by atoms with Gasteiger partial charge in [-0.15, -0.1) is 0 Å². The SMILES string of the molecule is COC(=O)c1c(C(=O)OC)c(-c2ccc(Br)cc2)n2c1C[S@](=O)C2. The van der Waals surface area contributed by atoms with E-state index in [1.807, 2.05) is 24.3 Å². The number of carbonyl (C=O) groups excluding carboxylic acids is 2. The van der Waals surface area contributed by atoms with E-state index >= 15 is 0 Å². The van der Waals surface area contributed by atoms with Gasteiger partial charge in [0.2, 0.25) is 0 Å². The second-order valence-corrected chi connectivity index (χ2v) is 7.52. The number of methoxy groups -OCH3 is 2. The van der Waals surface area contributed by atoms with Crippen molar-refractivity contribution < 1.29 is 23.3 Å². The van der Waals surface area contributed by atoms with Gasteiger partial charge in [-0.3, -0.25) is 4.21 Å². The summed E-state index contributed by atoms with van der Waals surface area (Å²) in [6.45, 7) is 0. The van der Waals surface area contributed by atoms with Crippen LogP contribution < -0.4 is 0 Å². The first kappa shape index (κ1) is 16.9. The first-order valence-corrected chi connectivity index (χ1v) is 9.29. The molecule has 2 aromatic rings. The maximum absolute atomic E-state index is 12.4. The maximum Gasteiger partial charge on any atom is 0.340 e. The Morgan fingerprint density at radius 1 is 1.08 bits per heavy atom. The monoisotopic (exact) mass is 411 g/mol. The third-order valence-corrected chi connectivity index (χ3v) is 5.51. The molecule has 2 heterocycles. The number of ether oxygens (including phenoxy) is 2. The first-order valence-electron chi connectivity index (χ1n) is 7.00. The van der Waals surface area contributed by atoms with Crippen molar-refractivity contribution >= 4 is 38.7 Å². The Hall–Kier alpha value is -1.93. The molecule has 0 aliphatic carbocycles. The fourth-order valence-corrected chi connectivity index (χ4v) is 4.37. The van der Waals surface area contributed by atoms with Crippen LogP contribution in [-0.4, -0.2) is 34.9 Å². The van der Waals surface area contributed by atoms with Gasteiger partial charge in [-0.25, -0.2) is 9.59 Å². The minimum Gasteiger partial charge on any atom is -0.465 e. The van der Waals surface area contributed by atoms with E-state index in [2.05, 4.69) is 15.9 Å². The normalized spacial score (nSPS) is 15.9. The molecular formula is C16H14BrNO5S. The van der Waals surface area contributed by atoms with E-state index in [9.17, 15) is 13.8 Å². The summed E-state index contributed by atoms with van der Waals surface area (Å²) in [6.07, 6.45) is 0. The van der Waals surface area contributed by atoms with E-state index < -0.39 is 22.7 Å². The van der Waals surface area contributed by atoms with E-state index in [4.69, 9.17) is 9.47 Å². The molecule has 0 saturated carbocycles. The minimum absolute atomic E-state index is 0.133. The predicted octanol–water partition coefficient (Wildman–Crippen LogP) is 2.71. The number of aromatic nitrogens is 1. The van der Waals surface area contributed by atoms with Crippen molar-refractivity contribution in [2.24, 2.45) is 0 Å². The number of hydrogen-bond donors (Lipinski definition) is 0. The van der Waals surface area contributed by atoms with Gasteiger partial charge in [0, 0.05) is 21.0 Å². The van der Waals surface area contributed by atoms with Crippen molar-refractivity contribution in [1.29, 1.82) is 0 Å². The Labute approximate surface area is 149 Å².